The number of amides is 1. The number of aromatic nitrogens is 1. The molecule has 9 nitrogen and oxygen atoms in total. The van der Waals surface area contributed by atoms with E-state index in [2.05, 4.69) is 4.98 Å². The number of para-hydroxylation sites is 1. The van der Waals surface area contributed by atoms with E-state index in [1.807, 2.05) is 61.5 Å². The zero-order valence-corrected chi connectivity index (χ0v) is 27.3. The number of carbonyl (C=O) groups is 3. The highest BCUT2D eigenvalue weighted by Gasteiger charge is 2.48. The lowest BCUT2D eigenvalue weighted by molar-refractivity contribution is -0.132. The van der Waals surface area contributed by atoms with Gasteiger partial charge in [0.05, 0.1) is 23.9 Å². The third-order valence-corrected chi connectivity index (χ3v) is 8.97. The minimum absolute atomic E-state index is 0.121. The van der Waals surface area contributed by atoms with Crippen LogP contribution in [0.2, 0.25) is 0 Å². The molecule has 0 radical (unpaired) electrons. The van der Waals surface area contributed by atoms with E-state index in [9.17, 15) is 19.5 Å². The summed E-state index contributed by atoms with van der Waals surface area (Å²) in [4.78, 5) is 46.1. The number of nitrogens with zero attached hydrogens (tertiary/aromatic N) is 2. The number of Topliss-reactive ketones (excluding diaryl/α,β-unsaturated/α-hetero) is 1. The number of benzene rings is 4. The Hall–Kier alpha value is -5.74. The van der Waals surface area contributed by atoms with E-state index in [0.717, 1.165) is 22.5 Å². The normalized spacial score (nSPS) is 15.4. The van der Waals surface area contributed by atoms with E-state index in [4.69, 9.17) is 14.2 Å². The van der Waals surface area contributed by atoms with Crippen LogP contribution in [0.3, 0.4) is 0 Å². The molecule has 1 unspecified atom stereocenters. The Kier molecular flexibility index (Phi) is 9.36. The predicted molar refractivity (Wildman–Crippen MR) is 183 cm³/mol. The maximum Gasteiger partial charge on any atom is 0.350 e. The Bertz CT molecular complexity index is 2020. The third-order valence-electron chi connectivity index (χ3n) is 7.83. The molecule has 48 heavy (non-hydrogen) atoms. The number of ether oxygens (including phenoxy) is 3. The summed E-state index contributed by atoms with van der Waals surface area (Å²) in [7, 11) is 0. The highest BCUT2D eigenvalue weighted by molar-refractivity contribution is 7.17. The summed E-state index contributed by atoms with van der Waals surface area (Å²) < 4.78 is 17.2. The zero-order valence-electron chi connectivity index (χ0n) is 26.5. The number of hydrogen-bond donors (Lipinski definition) is 1. The monoisotopic (exact) mass is 660 g/mol. The molecule has 1 aromatic heterocycles. The molecule has 4 aromatic carbocycles. The van der Waals surface area contributed by atoms with Crippen molar-refractivity contribution >= 4 is 39.9 Å². The van der Waals surface area contributed by atoms with E-state index >= 15 is 0 Å². The summed E-state index contributed by atoms with van der Waals surface area (Å²) >= 11 is 0.947. The molecule has 5 aromatic rings. The molecule has 10 heteroatoms. The maximum absolute atomic E-state index is 13.8. The van der Waals surface area contributed by atoms with Crippen molar-refractivity contribution in [3.8, 4) is 17.2 Å². The van der Waals surface area contributed by atoms with Crippen molar-refractivity contribution in [3.05, 3.63) is 142 Å². The van der Waals surface area contributed by atoms with Gasteiger partial charge < -0.3 is 19.3 Å². The second kappa shape index (κ2) is 13.9. The molecule has 0 aliphatic carbocycles. The first kappa shape index (κ1) is 32.2. The number of thiazole rings is 1. The molecular weight excluding hydrogens is 628 g/mol. The fraction of sp³-hybridized carbons (Fsp3) is 0.158. The van der Waals surface area contributed by atoms with Gasteiger partial charge in [0.2, 0.25) is 0 Å². The smallest absolute Gasteiger partial charge is 0.350 e. The Balaban J connectivity index is 1.40. The molecule has 0 bridgehead atoms. The fourth-order valence-electron chi connectivity index (χ4n) is 5.39. The van der Waals surface area contributed by atoms with Gasteiger partial charge in [-0.25, -0.2) is 9.78 Å². The lowest BCUT2D eigenvalue weighted by Crippen LogP contribution is -2.29. The minimum Gasteiger partial charge on any atom is -0.507 e. The first-order valence-electron chi connectivity index (χ1n) is 15.3. The number of anilines is 1. The van der Waals surface area contributed by atoms with Crippen molar-refractivity contribution in [2.24, 2.45) is 0 Å². The van der Waals surface area contributed by atoms with Crippen molar-refractivity contribution in [1.82, 2.24) is 4.98 Å². The van der Waals surface area contributed by atoms with Crippen LogP contribution in [0.25, 0.3) is 5.76 Å². The van der Waals surface area contributed by atoms with Crippen LogP contribution in [0.15, 0.2) is 109 Å². The first-order chi connectivity index (χ1) is 23.2. The Morgan fingerprint density at radius 1 is 0.875 bits per heavy atom. The summed E-state index contributed by atoms with van der Waals surface area (Å²) in [5, 5.41) is 11.8. The number of aryl methyl sites for hydroxylation is 2. The summed E-state index contributed by atoms with van der Waals surface area (Å²) in [6, 6.07) is 29.6. The van der Waals surface area contributed by atoms with Gasteiger partial charge in [-0.05, 0) is 86.0 Å². The lowest BCUT2D eigenvalue weighted by Gasteiger charge is -2.23. The summed E-state index contributed by atoms with van der Waals surface area (Å²) in [6.45, 7) is 5.88. The molecule has 0 spiro atoms. The van der Waals surface area contributed by atoms with E-state index in [0.29, 0.717) is 40.7 Å². The highest BCUT2D eigenvalue weighted by atomic mass is 32.1. The second-order valence-corrected chi connectivity index (χ2v) is 12.0. The fourth-order valence-corrected chi connectivity index (χ4v) is 6.37. The van der Waals surface area contributed by atoms with Gasteiger partial charge in [0.1, 0.15) is 34.5 Å². The largest absolute Gasteiger partial charge is 0.507 e. The van der Waals surface area contributed by atoms with Crippen LogP contribution in [0, 0.1) is 13.8 Å². The molecular formula is C38H32N2O7S. The van der Waals surface area contributed by atoms with Gasteiger partial charge in [0.25, 0.3) is 5.78 Å². The number of aliphatic hydroxyl groups is 1. The van der Waals surface area contributed by atoms with Crippen LogP contribution in [0.1, 0.15) is 50.6 Å². The standard InChI is InChI=1S/C38H32N2O7S/c1-4-45-37(44)35-24(3)39-38(48-35)40-32(26-13-10-16-30(21-26)47-29-14-6-5-7-15-29)31(34(42)36(40)43)33(41)25-17-19-28(20-18-25)46-22-27-12-9-8-11-23(27)2/h5-21,32,41H,4,22H2,1-3H3/b33-31+. The van der Waals surface area contributed by atoms with E-state index in [1.165, 1.54) is 4.90 Å². The number of esters is 1. The zero-order chi connectivity index (χ0) is 33.8. The Morgan fingerprint density at radius 3 is 2.31 bits per heavy atom. The molecule has 1 fully saturated rings. The average Bonchev–Trinajstić information content (AvgIpc) is 3.61. The highest BCUT2D eigenvalue weighted by Crippen LogP contribution is 2.45. The van der Waals surface area contributed by atoms with Gasteiger partial charge in [-0.15, -0.1) is 0 Å². The first-order valence-corrected chi connectivity index (χ1v) is 16.1. The molecule has 1 saturated heterocycles. The van der Waals surface area contributed by atoms with Crippen molar-refractivity contribution in [1.29, 1.82) is 0 Å². The number of carbonyl (C=O) groups excluding carboxylic acids is 3. The maximum atomic E-state index is 13.8. The quantitative estimate of drug-likeness (QED) is 0.0695. The summed E-state index contributed by atoms with van der Waals surface area (Å²) in [5.74, 6) is -1.09. The van der Waals surface area contributed by atoms with E-state index in [-0.39, 0.29) is 27.9 Å². The summed E-state index contributed by atoms with van der Waals surface area (Å²) in [5.41, 5.74) is 3.20. The Morgan fingerprint density at radius 2 is 1.58 bits per heavy atom. The van der Waals surface area contributed by atoms with Gasteiger partial charge in [0.15, 0.2) is 5.13 Å². The molecule has 1 aliphatic rings. The van der Waals surface area contributed by atoms with Gasteiger partial charge in [0, 0.05) is 5.56 Å². The van der Waals surface area contributed by atoms with Crippen molar-refractivity contribution in [3.63, 3.8) is 0 Å². The van der Waals surface area contributed by atoms with Gasteiger partial charge in [-0.1, -0.05) is 65.9 Å². The van der Waals surface area contributed by atoms with Crippen LogP contribution >= 0.6 is 11.3 Å². The number of ketones is 1. The second-order valence-electron chi connectivity index (χ2n) is 11.0. The van der Waals surface area contributed by atoms with Crippen LogP contribution in [0.5, 0.6) is 17.2 Å². The topological polar surface area (TPSA) is 115 Å². The number of aliphatic hydroxyl groups excluding tert-OH is 1. The number of hydrogen-bond acceptors (Lipinski definition) is 9. The Labute approximate surface area is 281 Å². The average molecular weight is 661 g/mol. The molecule has 1 N–H and O–H groups in total. The lowest BCUT2D eigenvalue weighted by atomic mass is 9.95. The van der Waals surface area contributed by atoms with Gasteiger partial charge in [-0.2, -0.15) is 0 Å². The molecule has 1 aliphatic heterocycles. The van der Waals surface area contributed by atoms with Crippen LogP contribution in [-0.4, -0.2) is 34.4 Å². The van der Waals surface area contributed by atoms with Gasteiger partial charge >= 0.3 is 11.9 Å². The molecule has 1 amide bonds. The molecule has 0 saturated carbocycles. The van der Waals surface area contributed by atoms with Gasteiger partial charge in [-0.3, -0.25) is 14.5 Å². The molecule has 6 rings (SSSR count). The van der Waals surface area contributed by atoms with Crippen molar-refractivity contribution < 1.29 is 33.7 Å². The SMILES string of the molecule is CCOC(=O)c1sc(N2C(=O)C(=O)/C(=C(/O)c3ccc(OCc4ccccc4C)cc3)C2c2cccc(Oc3ccccc3)c2)nc1C. The molecule has 1 atom stereocenters. The third kappa shape index (κ3) is 6.56. The summed E-state index contributed by atoms with van der Waals surface area (Å²) in [6.07, 6.45) is 0. The van der Waals surface area contributed by atoms with Crippen molar-refractivity contribution in [2.45, 2.75) is 33.4 Å². The van der Waals surface area contributed by atoms with Crippen molar-refractivity contribution in [2.75, 3.05) is 11.5 Å². The number of rotatable bonds is 10. The molecule has 2 heterocycles. The van der Waals surface area contributed by atoms with E-state index < -0.39 is 23.7 Å². The van der Waals surface area contributed by atoms with Crippen LogP contribution in [-0.2, 0) is 20.9 Å². The minimum atomic E-state index is -1.08. The van der Waals surface area contributed by atoms with Crippen LogP contribution < -0.4 is 14.4 Å². The molecule has 242 valence electrons. The predicted octanol–water partition coefficient (Wildman–Crippen LogP) is 7.93. The van der Waals surface area contributed by atoms with Crippen LogP contribution in [0.4, 0.5) is 5.13 Å². The van der Waals surface area contributed by atoms with E-state index in [1.54, 1.807) is 62.4 Å².